The maximum Gasteiger partial charge on any atom is 0.240 e. The molecule has 0 aliphatic carbocycles. The second-order valence-corrected chi connectivity index (χ2v) is 6.98. The van der Waals surface area contributed by atoms with Crippen molar-refractivity contribution in [3.8, 4) is 0 Å². The highest BCUT2D eigenvalue weighted by molar-refractivity contribution is 7.89. The molecule has 2 N–H and O–H groups in total. The molecule has 1 aromatic heterocycles. The molecule has 1 heterocycles. The standard InChI is InChI=1S/C16H20FN3O2S/c1-3-15(16-8-7-13(17)11-20-16)19-10-12-5-4-6-14(9-12)23(21,22)18-2/h4-9,11,15,18-19H,3,10H2,1-2H3/t15-/m1/s1. The molecule has 7 heteroatoms. The number of hydrogen-bond acceptors (Lipinski definition) is 4. The summed E-state index contributed by atoms with van der Waals surface area (Å²) in [6.07, 6.45) is 1.98. The molecule has 23 heavy (non-hydrogen) atoms. The van der Waals surface area contributed by atoms with Crippen molar-refractivity contribution in [1.82, 2.24) is 15.0 Å². The SMILES string of the molecule is CC[C@@H](NCc1cccc(S(=O)(=O)NC)c1)c1ccc(F)cn1. The van der Waals surface area contributed by atoms with E-state index in [1.54, 1.807) is 24.3 Å². The lowest BCUT2D eigenvalue weighted by Gasteiger charge is -2.16. The summed E-state index contributed by atoms with van der Waals surface area (Å²) >= 11 is 0. The van der Waals surface area contributed by atoms with Crippen molar-refractivity contribution in [3.05, 3.63) is 59.7 Å². The highest BCUT2D eigenvalue weighted by atomic mass is 32.2. The Morgan fingerprint density at radius 1 is 1.26 bits per heavy atom. The van der Waals surface area contributed by atoms with Gasteiger partial charge in [0.25, 0.3) is 0 Å². The van der Waals surface area contributed by atoms with E-state index >= 15 is 0 Å². The predicted octanol–water partition coefficient (Wildman–Crippen LogP) is 2.37. The van der Waals surface area contributed by atoms with E-state index in [2.05, 4.69) is 15.0 Å². The van der Waals surface area contributed by atoms with Crippen LogP contribution in [0.3, 0.4) is 0 Å². The fraction of sp³-hybridized carbons (Fsp3) is 0.312. The first-order chi connectivity index (χ1) is 11.0. The largest absolute Gasteiger partial charge is 0.305 e. The zero-order valence-corrected chi connectivity index (χ0v) is 13.9. The first kappa shape index (κ1) is 17.5. The highest BCUT2D eigenvalue weighted by Crippen LogP contribution is 2.16. The van der Waals surface area contributed by atoms with Gasteiger partial charge in [0.15, 0.2) is 0 Å². The summed E-state index contributed by atoms with van der Waals surface area (Å²) in [7, 11) is -2.07. The summed E-state index contributed by atoms with van der Waals surface area (Å²) < 4.78 is 38.9. The summed E-state index contributed by atoms with van der Waals surface area (Å²) in [6, 6.07) is 9.74. The number of sulfonamides is 1. The molecule has 0 amide bonds. The zero-order chi connectivity index (χ0) is 16.9. The van der Waals surface area contributed by atoms with Crippen molar-refractivity contribution >= 4 is 10.0 Å². The maximum absolute atomic E-state index is 12.9. The second kappa shape index (κ2) is 7.63. The van der Waals surface area contributed by atoms with Crippen LogP contribution in [0.15, 0.2) is 47.5 Å². The summed E-state index contributed by atoms with van der Waals surface area (Å²) in [5.74, 6) is -0.367. The van der Waals surface area contributed by atoms with E-state index in [4.69, 9.17) is 0 Å². The second-order valence-electron chi connectivity index (χ2n) is 5.10. The van der Waals surface area contributed by atoms with Crippen molar-refractivity contribution in [2.45, 2.75) is 30.8 Å². The minimum absolute atomic E-state index is 0.0276. The van der Waals surface area contributed by atoms with E-state index in [1.807, 2.05) is 13.0 Å². The topological polar surface area (TPSA) is 71.1 Å². The summed E-state index contributed by atoms with van der Waals surface area (Å²) in [5.41, 5.74) is 1.61. The monoisotopic (exact) mass is 337 g/mol. The lowest BCUT2D eigenvalue weighted by molar-refractivity contribution is 0.503. The van der Waals surface area contributed by atoms with Gasteiger partial charge in [-0.2, -0.15) is 0 Å². The lowest BCUT2D eigenvalue weighted by Crippen LogP contribution is -2.22. The van der Waals surface area contributed by atoms with Crippen molar-refractivity contribution in [3.63, 3.8) is 0 Å². The number of nitrogens with one attached hydrogen (secondary N) is 2. The third-order valence-corrected chi connectivity index (χ3v) is 4.96. The van der Waals surface area contributed by atoms with Crippen molar-refractivity contribution in [1.29, 1.82) is 0 Å². The van der Waals surface area contributed by atoms with Crippen LogP contribution < -0.4 is 10.0 Å². The maximum atomic E-state index is 12.9. The van der Waals surface area contributed by atoms with Crippen LogP contribution in [-0.4, -0.2) is 20.4 Å². The van der Waals surface area contributed by atoms with Gasteiger partial charge < -0.3 is 5.32 Å². The van der Waals surface area contributed by atoms with Gasteiger partial charge in [-0.3, -0.25) is 4.98 Å². The molecule has 1 aromatic carbocycles. The zero-order valence-electron chi connectivity index (χ0n) is 13.1. The molecular formula is C16H20FN3O2S. The van der Waals surface area contributed by atoms with Gasteiger partial charge in [-0.1, -0.05) is 19.1 Å². The van der Waals surface area contributed by atoms with Crippen LogP contribution in [0, 0.1) is 5.82 Å². The Balaban J connectivity index is 2.10. The van der Waals surface area contributed by atoms with Gasteiger partial charge in [-0.15, -0.1) is 0 Å². The van der Waals surface area contributed by atoms with E-state index in [0.29, 0.717) is 6.54 Å². The Labute approximate surface area is 136 Å². The first-order valence-electron chi connectivity index (χ1n) is 7.33. The number of nitrogens with zero attached hydrogens (tertiary/aromatic N) is 1. The molecule has 0 bridgehead atoms. The molecule has 0 spiro atoms. The molecule has 0 saturated carbocycles. The van der Waals surface area contributed by atoms with Crippen molar-refractivity contribution in [2.24, 2.45) is 0 Å². The van der Waals surface area contributed by atoms with Crippen LogP contribution in [0.2, 0.25) is 0 Å². The molecule has 0 aliphatic rings. The number of halogens is 1. The molecule has 0 saturated heterocycles. The average molecular weight is 337 g/mol. The first-order valence-corrected chi connectivity index (χ1v) is 8.82. The molecule has 1 atom stereocenters. The Morgan fingerprint density at radius 3 is 2.65 bits per heavy atom. The van der Waals surface area contributed by atoms with E-state index in [-0.39, 0.29) is 16.8 Å². The molecule has 5 nitrogen and oxygen atoms in total. The van der Waals surface area contributed by atoms with Gasteiger partial charge in [0.05, 0.1) is 16.8 Å². The Bertz CT molecular complexity index is 748. The van der Waals surface area contributed by atoms with Gasteiger partial charge in [0.1, 0.15) is 5.82 Å². The number of benzene rings is 1. The smallest absolute Gasteiger partial charge is 0.240 e. The number of rotatable bonds is 7. The van der Waals surface area contributed by atoms with Gasteiger partial charge in [-0.05, 0) is 43.3 Å². The minimum Gasteiger partial charge on any atom is -0.305 e. The third-order valence-electron chi connectivity index (χ3n) is 3.55. The van der Waals surface area contributed by atoms with Crippen LogP contribution in [0.4, 0.5) is 4.39 Å². The molecule has 0 aliphatic heterocycles. The Kier molecular flexibility index (Phi) is 5.81. The normalized spacial score (nSPS) is 13.0. The van der Waals surface area contributed by atoms with E-state index in [9.17, 15) is 12.8 Å². The Morgan fingerprint density at radius 2 is 2.04 bits per heavy atom. The van der Waals surface area contributed by atoms with Crippen LogP contribution in [0.1, 0.15) is 30.6 Å². The molecular weight excluding hydrogens is 317 g/mol. The van der Waals surface area contributed by atoms with E-state index < -0.39 is 10.0 Å². The number of aromatic nitrogens is 1. The van der Waals surface area contributed by atoms with E-state index in [1.165, 1.54) is 19.3 Å². The van der Waals surface area contributed by atoms with Gasteiger partial charge in [0.2, 0.25) is 10.0 Å². The molecule has 0 radical (unpaired) electrons. The van der Waals surface area contributed by atoms with Crippen LogP contribution in [0.5, 0.6) is 0 Å². The van der Waals surface area contributed by atoms with Gasteiger partial charge >= 0.3 is 0 Å². The number of hydrogen-bond donors (Lipinski definition) is 2. The summed E-state index contributed by atoms with van der Waals surface area (Å²) in [6.45, 7) is 2.50. The average Bonchev–Trinajstić information content (AvgIpc) is 2.57. The number of pyridine rings is 1. The van der Waals surface area contributed by atoms with Gasteiger partial charge in [-0.25, -0.2) is 17.5 Å². The van der Waals surface area contributed by atoms with Crippen LogP contribution >= 0.6 is 0 Å². The third kappa shape index (κ3) is 4.57. The fourth-order valence-electron chi connectivity index (χ4n) is 2.23. The van der Waals surface area contributed by atoms with Gasteiger partial charge in [0, 0.05) is 12.6 Å². The molecule has 2 aromatic rings. The fourth-order valence-corrected chi connectivity index (χ4v) is 3.03. The van der Waals surface area contributed by atoms with Crippen LogP contribution in [0.25, 0.3) is 0 Å². The van der Waals surface area contributed by atoms with E-state index in [0.717, 1.165) is 17.7 Å². The summed E-state index contributed by atoms with van der Waals surface area (Å²) in [5, 5.41) is 3.32. The quantitative estimate of drug-likeness (QED) is 0.814. The lowest BCUT2D eigenvalue weighted by atomic mass is 10.1. The summed E-state index contributed by atoms with van der Waals surface area (Å²) in [4.78, 5) is 4.32. The van der Waals surface area contributed by atoms with Crippen molar-refractivity contribution < 1.29 is 12.8 Å². The van der Waals surface area contributed by atoms with Crippen molar-refractivity contribution in [2.75, 3.05) is 7.05 Å². The molecule has 0 unspecified atom stereocenters. The van der Waals surface area contributed by atoms with Crippen LogP contribution in [-0.2, 0) is 16.6 Å². The Hall–Kier alpha value is -1.83. The molecule has 2 rings (SSSR count). The minimum atomic E-state index is -3.45. The highest BCUT2D eigenvalue weighted by Gasteiger charge is 2.13. The predicted molar refractivity (Wildman–Crippen MR) is 86.8 cm³/mol. The molecule has 124 valence electrons. The molecule has 0 fully saturated rings.